The van der Waals surface area contributed by atoms with Crippen LogP contribution in [0, 0.1) is 11.3 Å². The monoisotopic (exact) mass is 350 g/mol. The summed E-state index contributed by atoms with van der Waals surface area (Å²) in [5, 5.41) is 12.8. The number of carbonyl (C=O) groups excluding carboxylic acids is 1. The Morgan fingerprint density at radius 2 is 2.25 bits per heavy atom. The van der Waals surface area contributed by atoms with Gasteiger partial charge < -0.3 is 16.8 Å². The molecule has 0 saturated heterocycles. The highest BCUT2D eigenvalue weighted by molar-refractivity contribution is 9.10. The molecule has 0 radical (unpaired) electrons. The molecule has 2 rings (SSSR count). The summed E-state index contributed by atoms with van der Waals surface area (Å²) in [4.78, 5) is 11.4. The third kappa shape index (κ3) is 2.92. The summed E-state index contributed by atoms with van der Waals surface area (Å²) in [7, 11) is 0. The van der Waals surface area contributed by atoms with Crippen molar-refractivity contribution in [3.05, 3.63) is 44.7 Å². The average Bonchev–Trinajstić information content (AvgIpc) is 2.73. The fourth-order valence-electron chi connectivity index (χ4n) is 1.69. The number of halogens is 1. The summed E-state index contributed by atoms with van der Waals surface area (Å²) in [5.41, 5.74) is 12.4. The number of hydrogen-bond donors (Lipinski definition) is 3. The number of carbonyl (C=O) groups is 1. The lowest BCUT2D eigenvalue weighted by molar-refractivity contribution is 0.100. The lowest BCUT2D eigenvalue weighted by Crippen LogP contribution is -2.10. The molecule has 1 amide bonds. The molecule has 5 N–H and O–H groups in total. The van der Waals surface area contributed by atoms with Crippen molar-refractivity contribution in [1.29, 1.82) is 5.26 Å². The van der Waals surface area contributed by atoms with Crippen molar-refractivity contribution in [3.63, 3.8) is 0 Å². The smallest absolute Gasteiger partial charge is 0.261 e. The number of nitrogens with one attached hydrogen (secondary N) is 1. The lowest BCUT2D eigenvalue weighted by Gasteiger charge is -2.05. The molecule has 2 aromatic rings. The third-order valence-corrected chi connectivity index (χ3v) is 4.29. The van der Waals surface area contributed by atoms with Crippen LogP contribution in [0.25, 0.3) is 0 Å². The molecule has 102 valence electrons. The van der Waals surface area contributed by atoms with E-state index in [1.54, 1.807) is 0 Å². The molecular formula is C13H11BrN4OS. The van der Waals surface area contributed by atoms with E-state index in [-0.39, 0.29) is 16.1 Å². The highest BCUT2D eigenvalue weighted by Crippen LogP contribution is 2.35. The molecule has 0 unspecified atom stereocenters. The number of nitrogens with two attached hydrogens (primary N) is 2. The van der Waals surface area contributed by atoms with Gasteiger partial charge in [-0.05, 0) is 17.7 Å². The molecule has 20 heavy (non-hydrogen) atoms. The number of nitrogens with zero attached hydrogens (tertiary/aromatic N) is 1. The Morgan fingerprint density at radius 1 is 1.50 bits per heavy atom. The second-order valence-corrected chi connectivity index (χ2v) is 5.94. The van der Waals surface area contributed by atoms with E-state index in [1.165, 1.54) is 0 Å². The van der Waals surface area contributed by atoms with Crippen molar-refractivity contribution in [2.24, 2.45) is 5.73 Å². The highest BCUT2D eigenvalue weighted by Gasteiger charge is 2.18. The Labute approximate surface area is 128 Å². The minimum absolute atomic E-state index is 0.141. The van der Waals surface area contributed by atoms with Crippen LogP contribution in [-0.2, 0) is 6.54 Å². The Bertz CT molecular complexity index is 705. The van der Waals surface area contributed by atoms with Crippen LogP contribution in [0.5, 0.6) is 0 Å². The molecule has 1 aromatic heterocycles. The first-order chi connectivity index (χ1) is 9.52. The quantitative estimate of drug-likeness (QED) is 0.787. The van der Waals surface area contributed by atoms with Crippen LogP contribution < -0.4 is 16.8 Å². The van der Waals surface area contributed by atoms with Crippen LogP contribution in [0.3, 0.4) is 0 Å². The number of thiophene rings is 1. The van der Waals surface area contributed by atoms with Crippen LogP contribution in [0.4, 0.5) is 10.7 Å². The predicted octanol–water partition coefficient (Wildman–Crippen LogP) is 2.68. The normalized spacial score (nSPS) is 10.0. The second kappa shape index (κ2) is 5.94. The second-order valence-electron chi connectivity index (χ2n) is 4.01. The number of rotatable bonds is 4. The zero-order valence-corrected chi connectivity index (χ0v) is 12.7. The number of hydrogen-bond acceptors (Lipinski definition) is 5. The summed E-state index contributed by atoms with van der Waals surface area (Å²) in [6.45, 7) is 0.520. The van der Waals surface area contributed by atoms with Crippen LogP contribution in [0.1, 0.15) is 20.8 Å². The van der Waals surface area contributed by atoms with Gasteiger partial charge in [-0.1, -0.05) is 28.1 Å². The van der Waals surface area contributed by atoms with Gasteiger partial charge in [-0.3, -0.25) is 4.79 Å². The topological polar surface area (TPSA) is 105 Å². The maximum Gasteiger partial charge on any atom is 0.261 e. The molecule has 0 aliphatic heterocycles. The van der Waals surface area contributed by atoms with Gasteiger partial charge in [0.25, 0.3) is 5.91 Å². The summed E-state index contributed by atoms with van der Waals surface area (Å²) < 4.78 is 0.973. The summed E-state index contributed by atoms with van der Waals surface area (Å²) in [6, 6.07) is 9.76. The third-order valence-electron chi connectivity index (χ3n) is 2.62. The van der Waals surface area contributed by atoms with Gasteiger partial charge in [0.15, 0.2) is 0 Å². The molecule has 1 aromatic carbocycles. The van der Waals surface area contributed by atoms with Gasteiger partial charge in [-0.15, -0.1) is 11.3 Å². The van der Waals surface area contributed by atoms with Crippen LogP contribution in [0.15, 0.2) is 28.7 Å². The van der Waals surface area contributed by atoms with Gasteiger partial charge in [-0.2, -0.15) is 5.26 Å². The van der Waals surface area contributed by atoms with Crippen molar-refractivity contribution in [1.82, 2.24) is 0 Å². The van der Waals surface area contributed by atoms with E-state index in [1.807, 2.05) is 30.3 Å². The van der Waals surface area contributed by atoms with E-state index >= 15 is 0 Å². The van der Waals surface area contributed by atoms with Crippen LogP contribution in [0.2, 0.25) is 0 Å². The Kier molecular flexibility index (Phi) is 4.27. The zero-order chi connectivity index (χ0) is 14.7. The molecule has 0 atom stereocenters. The summed E-state index contributed by atoms with van der Waals surface area (Å²) in [5.74, 6) is -0.625. The molecule has 0 saturated carbocycles. The molecule has 0 fully saturated rings. The summed E-state index contributed by atoms with van der Waals surface area (Å²) >= 11 is 4.49. The van der Waals surface area contributed by atoms with Gasteiger partial charge in [0, 0.05) is 11.0 Å². The number of amides is 1. The van der Waals surface area contributed by atoms with Crippen molar-refractivity contribution in [2.45, 2.75) is 6.54 Å². The van der Waals surface area contributed by atoms with E-state index in [0.29, 0.717) is 11.5 Å². The fraction of sp³-hybridized carbons (Fsp3) is 0.0769. The highest BCUT2D eigenvalue weighted by atomic mass is 79.9. The van der Waals surface area contributed by atoms with E-state index in [4.69, 9.17) is 16.7 Å². The van der Waals surface area contributed by atoms with Gasteiger partial charge in [0.2, 0.25) is 0 Å². The van der Waals surface area contributed by atoms with E-state index in [0.717, 1.165) is 21.4 Å². The van der Waals surface area contributed by atoms with Gasteiger partial charge in [0.05, 0.1) is 5.69 Å². The molecule has 7 heteroatoms. The largest absolute Gasteiger partial charge is 0.396 e. The molecule has 0 aliphatic rings. The maximum atomic E-state index is 11.2. The number of anilines is 2. The first-order valence-electron chi connectivity index (χ1n) is 5.63. The van der Waals surface area contributed by atoms with Crippen LogP contribution in [-0.4, -0.2) is 5.91 Å². The van der Waals surface area contributed by atoms with Crippen LogP contribution >= 0.6 is 27.3 Å². The molecule has 0 spiro atoms. The number of nitrogen functional groups attached to an aromatic ring is 1. The van der Waals surface area contributed by atoms with E-state index < -0.39 is 5.91 Å². The van der Waals surface area contributed by atoms with Gasteiger partial charge >= 0.3 is 0 Å². The van der Waals surface area contributed by atoms with Gasteiger partial charge in [0.1, 0.15) is 21.5 Å². The minimum Gasteiger partial charge on any atom is -0.396 e. The first kappa shape index (κ1) is 14.4. The standard InChI is InChI=1S/C13H11BrN4OS/c14-8-3-1-2-7(4-8)6-18-13-9(5-15)10(16)11(20-13)12(17)19/h1-4,18H,6,16H2,(H2,17,19). The van der Waals surface area contributed by atoms with Crippen molar-refractivity contribution in [2.75, 3.05) is 11.1 Å². The van der Waals surface area contributed by atoms with E-state index in [2.05, 4.69) is 21.2 Å². The van der Waals surface area contributed by atoms with E-state index in [9.17, 15) is 4.79 Å². The number of primary amides is 1. The molecular weight excluding hydrogens is 340 g/mol. The molecule has 5 nitrogen and oxygen atoms in total. The fourth-order valence-corrected chi connectivity index (χ4v) is 3.06. The van der Waals surface area contributed by atoms with Crippen molar-refractivity contribution >= 4 is 43.9 Å². The van der Waals surface area contributed by atoms with Gasteiger partial charge in [-0.25, -0.2) is 0 Å². The Hall–Kier alpha value is -2.04. The predicted molar refractivity (Wildman–Crippen MR) is 83.4 cm³/mol. The molecule has 0 bridgehead atoms. The Balaban J connectivity index is 2.24. The SMILES string of the molecule is N#Cc1c(NCc2cccc(Br)c2)sc(C(N)=O)c1N. The summed E-state index contributed by atoms with van der Waals surface area (Å²) in [6.07, 6.45) is 0. The average molecular weight is 351 g/mol. The lowest BCUT2D eigenvalue weighted by atomic mass is 10.2. The number of benzene rings is 1. The molecule has 0 aliphatic carbocycles. The van der Waals surface area contributed by atoms with Crippen molar-refractivity contribution < 1.29 is 4.79 Å². The Morgan fingerprint density at radius 3 is 2.85 bits per heavy atom. The first-order valence-corrected chi connectivity index (χ1v) is 7.24. The molecule has 1 heterocycles. The maximum absolute atomic E-state index is 11.2. The number of nitriles is 1. The minimum atomic E-state index is -0.625. The zero-order valence-electron chi connectivity index (χ0n) is 10.3. The van der Waals surface area contributed by atoms with Crippen molar-refractivity contribution in [3.8, 4) is 6.07 Å².